The van der Waals surface area contributed by atoms with Crippen LogP contribution in [0.4, 0.5) is 9.18 Å². The Bertz CT molecular complexity index is 1420. The van der Waals surface area contributed by atoms with Gasteiger partial charge < -0.3 is 5.32 Å². The van der Waals surface area contributed by atoms with Gasteiger partial charge in [0.2, 0.25) is 0 Å². The molecule has 35 heavy (non-hydrogen) atoms. The number of benzene rings is 2. The molecule has 0 saturated heterocycles. The molecule has 2 amide bonds. The Kier molecular flexibility index (Phi) is 7.70. The van der Waals surface area contributed by atoms with E-state index in [1.54, 1.807) is 29.1 Å². The lowest BCUT2D eigenvalue weighted by Gasteiger charge is -2.19. The molecular weight excluding hydrogens is 538 g/mol. The number of hydrogen-bond donors (Lipinski definition) is 2. The van der Waals surface area contributed by atoms with Gasteiger partial charge in [0.05, 0.1) is 29.9 Å². The molecule has 2 aromatic carbocycles. The van der Waals surface area contributed by atoms with E-state index in [-0.39, 0.29) is 9.92 Å². The van der Waals surface area contributed by atoms with Crippen molar-refractivity contribution >= 4 is 56.4 Å². The zero-order valence-corrected chi connectivity index (χ0v) is 21.3. The summed E-state index contributed by atoms with van der Waals surface area (Å²) in [5, 5.41) is 7.86. The van der Waals surface area contributed by atoms with Crippen molar-refractivity contribution in [2.45, 2.75) is 30.7 Å². The number of urea groups is 1. The first-order valence-corrected chi connectivity index (χ1v) is 13.2. The lowest BCUT2D eigenvalue weighted by Crippen LogP contribution is -2.40. The number of aromatic nitrogens is 2. The summed E-state index contributed by atoms with van der Waals surface area (Å²) in [6.45, 7) is -0.174. The van der Waals surface area contributed by atoms with Gasteiger partial charge in [-0.3, -0.25) is 4.68 Å². The molecule has 0 aliphatic heterocycles. The maximum absolute atomic E-state index is 15.3. The number of halogens is 4. The quantitative estimate of drug-likeness (QED) is 0.413. The molecule has 184 valence electrons. The van der Waals surface area contributed by atoms with Crippen LogP contribution < -0.4 is 10.0 Å². The fraction of sp³-hybridized carbons (Fsp3) is 0.217. The van der Waals surface area contributed by atoms with Crippen LogP contribution in [0.15, 0.2) is 59.4 Å². The Morgan fingerprint density at radius 3 is 2.60 bits per heavy atom. The zero-order chi connectivity index (χ0) is 25.2. The highest BCUT2D eigenvalue weighted by molar-refractivity contribution is 7.90. The maximum Gasteiger partial charge on any atom is 0.329 e. The SMILES string of the molecule is O=C(NCC(F)=C1CCCc2cnn(Cc3ccc(Cl)cc3Cl)c21)NS(=O)(=O)c1cccc(Cl)c1. The van der Waals surface area contributed by atoms with E-state index in [0.717, 1.165) is 24.0 Å². The highest BCUT2D eigenvalue weighted by Crippen LogP contribution is 2.34. The van der Waals surface area contributed by atoms with Crippen molar-refractivity contribution in [3.8, 4) is 0 Å². The number of nitrogens with zero attached hydrogens (tertiary/aromatic N) is 2. The van der Waals surface area contributed by atoms with E-state index >= 15 is 4.39 Å². The van der Waals surface area contributed by atoms with Gasteiger partial charge in [0.15, 0.2) is 0 Å². The van der Waals surface area contributed by atoms with Gasteiger partial charge in [0, 0.05) is 20.6 Å². The van der Waals surface area contributed by atoms with E-state index < -0.39 is 28.4 Å². The number of allylic oxidation sites excluding steroid dienone is 1. The summed E-state index contributed by atoms with van der Waals surface area (Å²) >= 11 is 18.1. The Morgan fingerprint density at radius 1 is 1.09 bits per heavy atom. The zero-order valence-electron chi connectivity index (χ0n) is 18.2. The van der Waals surface area contributed by atoms with Crippen molar-refractivity contribution in [1.82, 2.24) is 19.8 Å². The Hall–Kier alpha value is -2.59. The first kappa shape index (κ1) is 25.5. The standard InChI is InChI=1S/C23H20Cl3FN4O3S/c24-16-4-2-5-18(9-16)35(33,34)30-23(32)28-12-21(27)19-6-1-3-14-11-29-31(22(14)19)13-15-7-8-17(25)10-20(15)26/h2,4-5,7-11H,1,3,6,12-13H2,(H2,28,30,32). The molecule has 0 saturated carbocycles. The van der Waals surface area contributed by atoms with Crippen LogP contribution in [0.2, 0.25) is 15.1 Å². The second kappa shape index (κ2) is 10.6. The van der Waals surface area contributed by atoms with Gasteiger partial charge in [-0.25, -0.2) is 22.3 Å². The molecule has 4 rings (SSSR count). The second-order valence-electron chi connectivity index (χ2n) is 7.89. The van der Waals surface area contributed by atoms with E-state index in [1.165, 1.54) is 24.3 Å². The van der Waals surface area contributed by atoms with Gasteiger partial charge in [-0.2, -0.15) is 5.10 Å². The highest BCUT2D eigenvalue weighted by Gasteiger charge is 2.24. The van der Waals surface area contributed by atoms with Crippen LogP contribution in [-0.2, 0) is 23.0 Å². The van der Waals surface area contributed by atoms with Crippen LogP contribution in [0.3, 0.4) is 0 Å². The van der Waals surface area contributed by atoms with Crippen molar-refractivity contribution in [3.05, 3.63) is 86.4 Å². The molecule has 0 radical (unpaired) electrons. The highest BCUT2D eigenvalue weighted by atomic mass is 35.5. The number of carbonyl (C=O) groups excluding carboxylic acids is 1. The number of hydrogen-bond acceptors (Lipinski definition) is 4. The third kappa shape index (κ3) is 5.98. The molecule has 1 aliphatic rings. The van der Waals surface area contributed by atoms with Crippen LogP contribution >= 0.6 is 34.8 Å². The monoisotopic (exact) mass is 556 g/mol. The minimum absolute atomic E-state index is 0.180. The van der Waals surface area contributed by atoms with Gasteiger partial charge in [0.1, 0.15) is 5.83 Å². The van der Waals surface area contributed by atoms with Crippen molar-refractivity contribution in [2.75, 3.05) is 6.54 Å². The second-order valence-corrected chi connectivity index (χ2v) is 10.9. The normalized spacial score (nSPS) is 14.9. The molecule has 3 aromatic rings. The van der Waals surface area contributed by atoms with E-state index in [2.05, 4.69) is 10.4 Å². The van der Waals surface area contributed by atoms with Gasteiger partial charge in [0.25, 0.3) is 10.0 Å². The summed E-state index contributed by atoms with van der Waals surface area (Å²) in [5.41, 5.74) is 2.70. The predicted octanol–water partition coefficient (Wildman–Crippen LogP) is 5.60. The maximum atomic E-state index is 15.3. The van der Waals surface area contributed by atoms with Crippen molar-refractivity contribution < 1.29 is 17.6 Å². The van der Waals surface area contributed by atoms with Crippen LogP contribution in [-0.4, -0.2) is 30.8 Å². The molecule has 0 spiro atoms. The Balaban J connectivity index is 1.50. The third-order valence-electron chi connectivity index (χ3n) is 5.47. The van der Waals surface area contributed by atoms with Gasteiger partial charge in [-0.05, 0) is 60.7 Å². The number of sulfonamides is 1. The molecule has 12 heteroatoms. The van der Waals surface area contributed by atoms with E-state index in [9.17, 15) is 13.2 Å². The number of amides is 2. The first-order chi connectivity index (χ1) is 16.6. The minimum atomic E-state index is -4.16. The summed E-state index contributed by atoms with van der Waals surface area (Å²) in [7, 11) is -4.16. The molecular formula is C23H20Cl3FN4O3S. The molecule has 0 fully saturated rings. The molecule has 1 aliphatic carbocycles. The van der Waals surface area contributed by atoms with Crippen molar-refractivity contribution in [1.29, 1.82) is 0 Å². The molecule has 0 unspecified atom stereocenters. The molecule has 1 heterocycles. The summed E-state index contributed by atoms with van der Waals surface area (Å²) in [5.74, 6) is -0.579. The van der Waals surface area contributed by atoms with E-state index in [0.29, 0.717) is 34.3 Å². The molecule has 2 N–H and O–H groups in total. The number of nitrogens with one attached hydrogen (secondary N) is 2. The average Bonchev–Trinajstić information content (AvgIpc) is 3.22. The van der Waals surface area contributed by atoms with E-state index in [1.807, 2.05) is 4.72 Å². The summed E-state index contributed by atoms with van der Waals surface area (Å²) in [6.07, 6.45) is 3.61. The van der Waals surface area contributed by atoms with Crippen molar-refractivity contribution in [2.24, 2.45) is 0 Å². The number of carbonyl (C=O) groups is 1. The molecule has 0 atom stereocenters. The summed E-state index contributed by atoms with van der Waals surface area (Å²) in [6, 6.07) is 9.53. The van der Waals surface area contributed by atoms with Gasteiger partial charge in [-0.15, -0.1) is 0 Å². The molecule has 7 nitrogen and oxygen atoms in total. The van der Waals surface area contributed by atoms with Crippen LogP contribution in [0.25, 0.3) is 5.57 Å². The predicted molar refractivity (Wildman–Crippen MR) is 134 cm³/mol. The lowest BCUT2D eigenvalue weighted by molar-refractivity contribution is 0.246. The molecule has 0 bridgehead atoms. The fourth-order valence-corrected chi connectivity index (χ4v) is 5.54. The van der Waals surface area contributed by atoms with Gasteiger partial charge in [-0.1, -0.05) is 46.9 Å². The number of rotatable bonds is 6. The summed E-state index contributed by atoms with van der Waals surface area (Å²) in [4.78, 5) is 12.0. The third-order valence-corrected chi connectivity index (χ3v) is 7.62. The average molecular weight is 558 g/mol. The van der Waals surface area contributed by atoms with Crippen molar-refractivity contribution in [3.63, 3.8) is 0 Å². The summed E-state index contributed by atoms with van der Waals surface area (Å²) < 4.78 is 43.5. The number of aryl methyl sites for hydroxylation is 1. The van der Waals surface area contributed by atoms with Crippen LogP contribution in [0, 0.1) is 0 Å². The lowest BCUT2D eigenvalue weighted by atomic mass is 9.92. The van der Waals surface area contributed by atoms with Crippen LogP contribution in [0.1, 0.15) is 29.7 Å². The number of fused-ring (bicyclic) bond motifs is 1. The van der Waals surface area contributed by atoms with Gasteiger partial charge >= 0.3 is 6.03 Å². The van der Waals surface area contributed by atoms with Crippen LogP contribution in [0.5, 0.6) is 0 Å². The largest absolute Gasteiger partial charge is 0.331 e. The minimum Gasteiger partial charge on any atom is -0.331 e. The molecule has 1 aromatic heterocycles. The first-order valence-electron chi connectivity index (χ1n) is 10.6. The smallest absolute Gasteiger partial charge is 0.329 e. The topological polar surface area (TPSA) is 93.1 Å². The Labute approximate surface area is 216 Å². The van der Waals surface area contributed by atoms with E-state index in [4.69, 9.17) is 34.8 Å². The Morgan fingerprint density at radius 2 is 1.86 bits per heavy atom. The fourth-order valence-electron chi connectivity index (χ4n) is 3.84.